The molecule has 3 aromatic rings. The number of rotatable bonds is 15. The molecule has 4 saturated heterocycles. The third kappa shape index (κ3) is 11.7. The average molecular weight is 937 g/mol. The third-order valence-corrected chi connectivity index (χ3v) is 18.2. The van der Waals surface area contributed by atoms with Gasteiger partial charge < -0.3 is 51.8 Å². The Balaban J connectivity index is 1.31. The van der Waals surface area contributed by atoms with E-state index in [-0.39, 0.29) is 31.3 Å². The summed E-state index contributed by atoms with van der Waals surface area (Å²) in [5.74, 6) is -1.02. The summed E-state index contributed by atoms with van der Waals surface area (Å²) in [5, 5.41) is -0.266. The zero-order valence-electron chi connectivity index (χ0n) is 38.7. The van der Waals surface area contributed by atoms with Crippen LogP contribution in [0.15, 0.2) is 91.0 Å². The Kier molecular flexibility index (Phi) is 16.0. The molecule has 3 aromatic carbocycles. The van der Waals surface area contributed by atoms with Crippen LogP contribution in [-0.4, -0.2) is 112 Å². The van der Waals surface area contributed by atoms with Gasteiger partial charge in [0.05, 0.1) is 30.8 Å². The Morgan fingerprint density at radius 1 is 0.692 bits per heavy atom. The van der Waals surface area contributed by atoms with E-state index in [2.05, 4.69) is 33.9 Å². The van der Waals surface area contributed by atoms with Gasteiger partial charge in [-0.2, -0.15) is 0 Å². The molecule has 0 spiro atoms. The molecule has 12 atom stereocenters. The van der Waals surface area contributed by atoms with E-state index in [1.807, 2.05) is 73.7 Å². The van der Waals surface area contributed by atoms with Crippen LogP contribution >= 0.6 is 11.8 Å². The lowest BCUT2D eigenvalue weighted by Crippen LogP contribution is -2.69. The molecule has 65 heavy (non-hydrogen) atoms. The van der Waals surface area contributed by atoms with Gasteiger partial charge >= 0.3 is 17.9 Å². The summed E-state index contributed by atoms with van der Waals surface area (Å²) in [6, 6.07) is 27.8. The van der Waals surface area contributed by atoms with Gasteiger partial charge in [-0.1, -0.05) is 107 Å². The highest BCUT2D eigenvalue weighted by atomic mass is 32.2. The summed E-state index contributed by atoms with van der Waals surface area (Å²) >= 11 is 1.44. The topological polar surface area (TPSA) is 153 Å². The molecular formula is C49H64O14SSi. The van der Waals surface area contributed by atoms with Crippen LogP contribution in [0.25, 0.3) is 0 Å². The number of hydrogen-bond donors (Lipinski definition) is 0. The summed E-state index contributed by atoms with van der Waals surface area (Å²) in [4.78, 5) is 40.3. The highest BCUT2D eigenvalue weighted by Crippen LogP contribution is 2.46. The highest BCUT2D eigenvalue weighted by Gasteiger charge is 2.59. The monoisotopic (exact) mass is 936 g/mol. The van der Waals surface area contributed by atoms with Crippen molar-refractivity contribution in [2.75, 3.05) is 25.6 Å². The Labute approximate surface area is 387 Å². The zero-order chi connectivity index (χ0) is 46.5. The largest absolute Gasteiger partial charge is 0.466 e. The van der Waals surface area contributed by atoms with Crippen molar-refractivity contribution in [1.82, 2.24) is 0 Å². The summed E-state index contributed by atoms with van der Waals surface area (Å²) in [5.41, 5.74) is 0.0764. The maximum absolute atomic E-state index is 14.3. The van der Waals surface area contributed by atoms with Crippen LogP contribution in [0, 0.1) is 5.41 Å². The van der Waals surface area contributed by atoms with Crippen LogP contribution in [0.4, 0.5) is 0 Å². The third-order valence-electron chi connectivity index (χ3n) is 12.7. The number of esters is 3. The maximum atomic E-state index is 14.3. The predicted octanol–water partition coefficient (Wildman–Crippen LogP) is 8.31. The molecule has 14 nitrogen and oxygen atoms in total. The van der Waals surface area contributed by atoms with Crippen molar-refractivity contribution >= 4 is 38.0 Å². The molecular weight excluding hydrogens is 873 g/mol. The lowest BCUT2D eigenvalue weighted by molar-refractivity contribution is -0.387. The van der Waals surface area contributed by atoms with Crippen molar-refractivity contribution in [3.05, 3.63) is 108 Å². The van der Waals surface area contributed by atoms with Crippen molar-refractivity contribution in [2.45, 2.75) is 146 Å². The zero-order valence-corrected chi connectivity index (χ0v) is 40.6. The second-order valence-electron chi connectivity index (χ2n) is 18.9. The second-order valence-corrected chi connectivity index (χ2v) is 25.0. The molecule has 0 saturated carbocycles. The molecule has 4 aliphatic heterocycles. The van der Waals surface area contributed by atoms with Gasteiger partial charge in [-0.15, -0.1) is 11.8 Å². The minimum absolute atomic E-state index is 0.0212. The van der Waals surface area contributed by atoms with E-state index in [0.717, 1.165) is 11.1 Å². The number of ether oxygens (including phenoxy) is 10. The van der Waals surface area contributed by atoms with Crippen molar-refractivity contribution in [1.29, 1.82) is 0 Å². The average Bonchev–Trinajstić information content (AvgIpc) is 3.28. The van der Waals surface area contributed by atoms with Gasteiger partial charge in [0, 0.05) is 18.1 Å². The van der Waals surface area contributed by atoms with E-state index in [4.69, 9.17) is 51.8 Å². The first kappa shape index (κ1) is 49.2. The molecule has 6 unspecified atom stereocenters. The maximum Gasteiger partial charge on any atom is 0.338 e. The molecule has 0 bridgehead atoms. The van der Waals surface area contributed by atoms with Crippen LogP contribution in [0.3, 0.4) is 0 Å². The minimum atomic E-state index is -2.68. The standard InChI is InChI=1S/C49H64O14SSi/c1-10-64-46-41(62-47(52)49(6,7)26-27-53-30(2)50)38(36-35(57-46)29-55-43(59-36)32-22-16-12-17-23-32)61-45-40(58-42(51)31-20-14-11-15-21-31)39(63-65(8,9)48(3,4)5)37-34(56-45)28-54-44(60-37)33-24-18-13-19-25-33/h11-25,34-41,43-46H,10,26-29H2,1-9H3/t34?,35?,36-,37-,38+,39+,40?,41?,43?,44?,45+,46+/m1/s1. The van der Waals surface area contributed by atoms with Gasteiger partial charge in [-0.3, -0.25) is 9.59 Å². The number of hydrogen-bond acceptors (Lipinski definition) is 15. The normalized spacial score (nSPS) is 30.6. The molecule has 4 heterocycles. The Bertz CT molecular complexity index is 2030. The predicted molar refractivity (Wildman–Crippen MR) is 243 cm³/mol. The van der Waals surface area contributed by atoms with Gasteiger partial charge in [0.15, 0.2) is 39.4 Å². The van der Waals surface area contributed by atoms with Crippen molar-refractivity contribution in [3.63, 3.8) is 0 Å². The van der Waals surface area contributed by atoms with E-state index < -0.39 is 105 Å². The molecule has 0 radical (unpaired) electrons. The number of fused-ring (bicyclic) bond motifs is 2. The summed E-state index contributed by atoms with van der Waals surface area (Å²) < 4.78 is 72.6. The van der Waals surface area contributed by atoms with E-state index in [0.29, 0.717) is 11.3 Å². The number of carbonyl (C=O) groups is 3. The van der Waals surface area contributed by atoms with Crippen LogP contribution in [0.1, 0.15) is 89.0 Å². The Hall–Kier alpha value is -3.68. The van der Waals surface area contributed by atoms with Gasteiger partial charge in [0.1, 0.15) is 42.1 Å². The van der Waals surface area contributed by atoms with Crippen LogP contribution in [0.2, 0.25) is 18.1 Å². The van der Waals surface area contributed by atoms with Gasteiger partial charge in [-0.25, -0.2) is 4.79 Å². The summed E-state index contributed by atoms with van der Waals surface area (Å²) in [6.07, 6.45) is -10.0. The van der Waals surface area contributed by atoms with Crippen molar-refractivity contribution < 1.29 is 66.2 Å². The smallest absolute Gasteiger partial charge is 0.338 e. The molecule has 7 rings (SSSR count). The number of benzene rings is 3. The number of thioether (sulfide) groups is 1. The highest BCUT2D eigenvalue weighted by molar-refractivity contribution is 7.99. The van der Waals surface area contributed by atoms with Crippen LogP contribution in [0.5, 0.6) is 0 Å². The van der Waals surface area contributed by atoms with Gasteiger partial charge in [0.2, 0.25) is 0 Å². The lowest BCUT2D eigenvalue weighted by atomic mass is 9.89. The number of carbonyl (C=O) groups excluding carboxylic acids is 3. The van der Waals surface area contributed by atoms with E-state index in [1.54, 1.807) is 38.1 Å². The first-order valence-corrected chi connectivity index (χ1v) is 26.4. The van der Waals surface area contributed by atoms with E-state index in [9.17, 15) is 14.4 Å². The fourth-order valence-corrected chi connectivity index (χ4v) is 10.1. The first-order chi connectivity index (χ1) is 31.0. The molecule has 4 fully saturated rings. The SMILES string of the molecule is CCS[C@@H]1OC2COC(c3ccccc3)O[C@H]2[C@H](O[C@@H]2OC3COC(c4ccccc4)O[C@H]3[C@H](O[Si](C)(C)C(C)(C)C)C2OC(=O)c2ccccc2)C1OC(=O)C(C)(C)CCOC(C)=O. The quantitative estimate of drug-likeness (QED) is 0.0815. The van der Waals surface area contributed by atoms with Gasteiger partial charge in [0.25, 0.3) is 0 Å². The Morgan fingerprint density at radius 2 is 1.23 bits per heavy atom. The van der Waals surface area contributed by atoms with Crippen molar-refractivity contribution in [2.24, 2.45) is 5.41 Å². The van der Waals surface area contributed by atoms with E-state index >= 15 is 0 Å². The second kappa shape index (κ2) is 21.1. The molecule has 0 aromatic heterocycles. The van der Waals surface area contributed by atoms with Gasteiger partial charge in [-0.05, 0) is 56.3 Å². The molecule has 354 valence electrons. The fourth-order valence-electron chi connectivity index (χ4n) is 7.87. The minimum Gasteiger partial charge on any atom is -0.466 e. The Morgan fingerprint density at radius 3 is 1.77 bits per heavy atom. The molecule has 0 aliphatic carbocycles. The first-order valence-electron chi connectivity index (χ1n) is 22.5. The van der Waals surface area contributed by atoms with Crippen LogP contribution in [-0.2, 0) is 61.4 Å². The molecule has 4 aliphatic rings. The molecule has 0 N–H and O–H groups in total. The summed E-state index contributed by atoms with van der Waals surface area (Å²) in [7, 11) is -2.68. The van der Waals surface area contributed by atoms with Crippen molar-refractivity contribution in [3.8, 4) is 0 Å². The lowest BCUT2D eigenvalue weighted by Gasteiger charge is -2.54. The summed E-state index contributed by atoms with van der Waals surface area (Å²) in [6.45, 7) is 17.7. The fraction of sp³-hybridized carbons (Fsp3) is 0.571. The molecule has 16 heteroatoms. The van der Waals surface area contributed by atoms with E-state index in [1.165, 1.54) is 18.7 Å². The molecule has 0 amide bonds. The van der Waals surface area contributed by atoms with Crippen LogP contribution < -0.4 is 0 Å².